The highest BCUT2D eigenvalue weighted by Gasteiger charge is 2.24. The average Bonchev–Trinajstić information content (AvgIpc) is 3.20. The Morgan fingerprint density at radius 3 is 2.69 bits per heavy atom. The van der Waals surface area contributed by atoms with E-state index in [1.165, 1.54) is 12.1 Å². The smallest absolute Gasteiger partial charge is 0.227 e. The van der Waals surface area contributed by atoms with Gasteiger partial charge in [-0.15, -0.1) is 6.42 Å². The van der Waals surface area contributed by atoms with Gasteiger partial charge in [0, 0.05) is 32.8 Å². The van der Waals surface area contributed by atoms with Gasteiger partial charge in [0.05, 0.1) is 36.3 Å². The normalized spacial score (nSPS) is 12.0. The molecular weight excluding hydrogens is 449 g/mol. The summed E-state index contributed by atoms with van der Waals surface area (Å²) in [5, 5.41) is 15.3. The zero-order valence-electron chi connectivity index (χ0n) is 20.2. The van der Waals surface area contributed by atoms with Crippen LogP contribution in [0.15, 0.2) is 54.6 Å². The Balaban J connectivity index is 1.97. The summed E-state index contributed by atoms with van der Waals surface area (Å²) < 4.78 is 32.5. The minimum absolute atomic E-state index is 0.129. The molecule has 3 aromatic rings. The second-order valence-electron chi connectivity index (χ2n) is 7.99. The fourth-order valence-electron chi connectivity index (χ4n) is 3.70. The Hall–Kier alpha value is -3.22. The van der Waals surface area contributed by atoms with E-state index >= 15 is 0 Å². The molecule has 0 saturated heterocycles. The molecule has 0 aliphatic carbocycles. The van der Waals surface area contributed by atoms with Crippen LogP contribution in [0.5, 0.6) is 11.6 Å². The number of hydrogen-bond acceptors (Lipinski definition) is 6. The lowest BCUT2D eigenvalue weighted by molar-refractivity contribution is 0.0205. The zero-order valence-corrected chi connectivity index (χ0v) is 20.2. The average molecular weight is 482 g/mol. The van der Waals surface area contributed by atoms with E-state index in [2.05, 4.69) is 10.8 Å². The third-order valence-electron chi connectivity index (χ3n) is 5.32. The van der Waals surface area contributed by atoms with E-state index in [4.69, 9.17) is 25.7 Å². The Morgan fingerprint density at radius 1 is 1.20 bits per heavy atom. The topological polar surface area (TPSA) is 69.0 Å². The number of halogens is 1. The molecule has 0 spiro atoms. The molecule has 1 heterocycles. The van der Waals surface area contributed by atoms with Crippen LogP contribution in [0.25, 0.3) is 5.69 Å². The van der Waals surface area contributed by atoms with Gasteiger partial charge in [-0.25, -0.2) is 9.07 Å². The second kappa shape index (κ2) is 13.6. The van der Waals surface area contributed by atoms with Crippen LogP contribution in [0.3, 0.4) is 0 Å². The van der Waals surface area contributed by atoms with Crippen LogP contribution < -0.4 is 4.74 Å². The molecule has 0 bridgehead atoms. The first-order valence-electron chi connectivity index (χ1n) is 11.6. The summed E-state index contributed by atoms with van der Waals surface area (Å²) in [5.74, 6) is 2.88. The minimum atomic E-state index is -0.734. The minimum Gasteiger partial charge on any atom is -0.438 e. The van der Waals surface area contributed by atoms with Crippen LogP contribution in [0, 0.1) is 18.2 Å². The molecule has 8 heteroatoms. The van der Waals surface area contributed by atoms with Gasteiger partial charge in [0.15, 0.2) is 0 Å². The molecule has 0 aliphatic heterocycles. The molecular formula is C27H32FN3O4. The van der Waals surface area contributed by atoms with Crippen molar-refractivity contribution in [2.24, 2.45) is 0 Å². The lowest BCUT2D eigenvalue weighted by Crippen LogP contribution is -2.36. The lowest BCUT2D eigenvalue weighted by Gasteiger charge is -2.25. The monoisotopic (exact) mass is 481 g/mol. The summed E-state index contributed by atoms with van der Waals surface area (Å²) in [7, 11) is 1.63. The summed E-state index contributed by atoms with van der Waals surface area (Å²) in [6, 6.07) is 15.7. The Bertz CT molecular complexity index is 1100. The predicted molar refractivity (Wildman–Crippen MR) is 132 cm³/mol. The fourth-order valence-corrected chi connectivity index (χ4v) is 3.70. The van der Waals surface area contributed by atoms with Crippen molar-refractivity contribution in [1.82, 2.24) is 14.7 Å². The van der Waals surface area contributed by atoms with Crippen molar-refractivity contribution in [3.8, 4) is 29.7 Å². The van der Waals surface area contributed by atoms with Crippen LogP contribution >= 0.6 is 0 Å². The summed E-state index contributed by atoms with van der Waals surface area (Å²) >= 11 is 0. The highest BCUT2D eigenvalue weighted by molar-refractivity contribution is 5.43. The van der Waals surface area contributed by atoms with Gasteiger partial charge >= 0.3 is 0 Å². The summed E-state index contributed by atoms with van der Waals surface area (Å²) in [5.41, 5.74) is 2.53. The van der Waals surface area contributed by atoms with Gasteiger partial charge in [0.2, 0.25) is 5.88 Å². The van der Waals surface area contributed by atoms with E-state index in [0.717, 1.165) is 16.9 Å². The molecule has 0 fully saturated rings. The molecule has 0 amide bonds. The maximum Gasteiger partial charge on any atom is 0.227 e. The predicted octanol–water partition coefficient (Wildman–Crippen LogP) is 3.83. The molecule has 1 unspecified atom stereocenters. The van der Waals surface area contributed by atoms with Gasteiger partial charge in [0.25, 0.3) is 0 Å². The van der Waals surface area contributed by atoms with Crippen LogP contribution in [-0.4, -0.2) is 65.9 Å². The summed E-state index contributed by atoms with van der Waals surface area (Å²) in [6.07, 6.45) is 5.16. The van der Waals surface area contributed by atoms with Crippen LogP contribution in [0.1, 0.15) is 18.2 Å². The number of nitrogens with zero attached hydrogens (tertiary/aromatic N) is 3. The molecule has 1 aromatic heterocycles. The lowest BCUT2D eigenvalue weighted by atomic mass is 10.1. The van der Waals surface area contributed by atoms with Crippen LogP contribution in [0.4, 0.5) is 4.39 Å². The first-order chi connectivity index (χ1) is 17.0. The maximum absolute atomic E-state index is 13.9. The molecule has 7 nitrogen and oxygen atoms in total. The zero-order chi connectivity index (χ0) is 25.0. The van der Waals surface area contributed by atoms with Gasteiger partial charge in [-0.2, -0.15) is 5.10 Å². The third-order valence-corrected chi connectivity index (χ3v) is 5.32. The highest BCUT2D eigenvalue weighted by Crippen LogP contribution is 2.32. The van der Waals surface area contributed by atoms with Crippen LogP contribution in [0.2, 0.25) is 0 Å². The second-order valence-corrected chi connectivity index (χ2v) is 7.99. The standard InChI is InChI=1S/C27H32FN3O4/c1-4-15-34-20-23(32)18-30(14-16-33-3)19-25-26(5-2)29-31(22-11-7-6-8-12-22)27(25)35-24-13-9-10-21(28)17-24/h1,6-13,17,23,32H,5,14-16,18-20H2,2-3H3. The number of rotatable bonds is 14. The number of ether oxygens (including phenoxy) is 3. The Kier molecular flexibility index (Phi) is 10.3. The van der Waals surface area contributed by atoms with Crippen molar-refractivity contribution in [2.75, 3.05) is 40.0 Å². The number of aryl methyl sites for hydroxylation is 1. The molecule has 3 rings (SSSR count). The van der Waals surface area contributed by atoms with E-state index in [0.29, 0.717) is 44.3 Å². The molecule has 0 aliphatic rings. The number of aliphatic hydroxyl groups excluding tert-OH is 1. The number of para-hydroxylation sites is 1. The molecule has 1 N–H and O–H groups in total. The molecule has 0 saturated carbocycles. The molecule has 0 radical (unpaired) electrons. The van der Waals surface area contributed by atoms with Gasteiger partial charge in [-0.1, -0.05) is 37.1 Å². The molecule has 35 heavy (non-hydrogen) atoms. The SMILES string of the molecule is C#CCOCC(O)CN(CCOC)Cc1c(CC)nn(-c2ccccc2)c1Oc1cccc(F)c1. The highest BCUT2D eigenvalue weighted by atomic mass is 19.1. The van der Waals surface area contributed by atoms with Crippen molar-refractivity contribution in [3.05, 3.63) is 71.7 Å². The number of aromatic nitrogens is 2. The Labute approximate surface area is 206 Å². The number of benzene rings is 2. The van der Waals surface area contributed by atoms with E-state index in [1.54, 1.807) is 23.9 Å². The third kappa shape index (κ3) is 7.64. The molecule has 1 atom stereocenters. The number of terminal acetylenes is 1. The Morgan fingerprint density at radius 2 is 2.00 bits per heavy atom. The number of methoxy groups -OCH3 is 1. The van der Waals surface area contributed by atoms with Crippen molar-refractivity contribution in [1.29, 1.82) is 0 Å². The van der Waals surface area contributed by atoms with Gasteiger partial charge in [-0.05, 0) is 30.7 Å². The first-order valence-corrected chi connectivity index (χ1v) is 11.6. The number of hydrogen-bond donors (Lipinski definition) is 1. The molecule has 186 valence electrons. The fraction of sp³-hybridized carbons (Fsp3) is 0.370. The van der Waals surface area contributed by atoms with Gasteiger partial charge in [0.1, 0.15) is 18.2 Å². The van der Waals surface area contributed by atoms with Gasteiger partial charge in [-0.3, -0.25) is 4.90 Å². The van der Waals surface area contributed by atoms with E-state index in [9.17, 15) is 9.50 Å². The van der Waals surface area contributed by atoms with E-state index in [-0.39, 0.29) is 19.0 Å². The number of aliphatic hydroxyl groups is 1. The summed E-state index contributed by atoms with van der Waals surface area (Å²) in [6.45, 7) is 4.13. The van der Waals surface area contributed by atoms with E-state index in [1.807, 2.05) is 37.3 Å². The summed E-state index contributed by atoms with van der Waals surface area (Å²) in [4.78, 5) is 2.05. The van der Waals surface area contributed by atoms with Crippen molar-refractivity contribution >= 4 is 0 Å². The van der Waals surface area contributed by atoms with Gasteiger partial charge < -0.3 is 19.3 Å². The quantitative estimate of drug-likeness (QED) is 0.279. The van der Waals surface area contributed by atoms with Crippen LogP contribution in [-0.2, 0) is 22.4 Å². The van der Waals surface area contributed by atoms with Crippen molar-refractivity contribution in [3.63, 3.8) is 0 Å². The van der Waals surface area contributed by atoms with E-state index < -0.39 is 6.10 Å². The molecule has 2 aromatic carbocycles. The first kappa shape index (κ1) is 26.4. The largest absolute Gasteiger partial charge is 0.438 e. The van der Waals surface area contributed by atoms with Crippen molar-refractivity contribution < 1.29 is 23.7 Å². The maximum atomic E-state index is 13.9. The van der Waals surface area contributed by atoms with Crippen molar-refractivity contribution in [2.45, 2.75) is 26.0 Å².